The maximum absolute atomic E-state index is 11.9. The molecule has 1 atom stereocenters. The van der Waals surface area contributed by atoms with Crippen LogP contribution in [-0.4, -0.2) is 19.0 Å². The fraction of sp³-hybridized carbons (Fsp3) is 0.364. The Morgan fingerprint density at radius 2 is 2.39 bits per heavy atom. The minimum Gasteiger partial charge on any atom is -0.397 e. The fourth-order valence-corrected chi connectivity index (χ4v) is 2.44. The lowest BCUT2D eigenvalue weighted by atomic mass is 10.1. The average Bonchev–Trinajstić information content (AvgIpc) is 2.68. The van der Waals surface area contributed by atoms with Gasteiger partial charge in [-0.15, -0.1) is 0 Å². The number of nitrogen functional groups attached to an aromatic ring is 1. The molecule has 2 rings (SSSR count). The van der Waals surface area contributed by atoms with Crippen molar-refractivity contribution in [1.29, 1.82) is 0 Å². The van der Waals surface area contributed by atoms with Gasteiger partial charge in [0.2, 0.25) is 5.91 Å². The first-order valence-corrected chi connectivity index (χ1v) is 6.27. The number of hydrogen-bond donors (Lipinski definition) is 1. The van der Waals surface area contributed by atoms with Gasteiger partial charge in [0.25, 0.3) is 0 Å². The van der Waals surface area contributed by atoms with Crippen molar-refractivity contribution in [3.8, 4) is 0 Å². The Kier molecular flexibility index (Phi) is 3.74. The molecule has 1 heterocycles. The van der Waals surface area contributed by atoms with E-state index >= 15 is 0 Å². The van der Waals surface area contributed by atoms with Crippen molar-refractivity contribution in [2.45, 2.75) is 6.42 Å². The molecule has 1 aromatic carbocycles. The van der Waals surface area contributed by atoms with Gasteiger partial charge in [-0.05, 0) is 29.6 Å². The van der Waals surface area contributed by atoms with Crippen LogP contribution in [0.3, 0.4) is 0 Å². The topological polar surface area (TPSA) is 95.1 Å². The van der Waals surface area contributed by atoms with Gasteiger partial charge in [-0.3, -0.25) is 4.79 Å². The summed E-state index contributed by atoms with van der Waals surface area (Å²) in [4.78, 5) is 16.3. The zero-order chi connectivity index (χ0) is 13.1. The van der Waals surface area contributed by atoms with E-state index in [1.54, 1.807) is 11.0 Å². The number of carbonyl (C=O) groups is 1. The maximum atomic E-state index is 11.9. The van der Waals surface area contributed by atoms with Gasteiger partial charge in [0.05, 0.1) is 11.4 Å². The molecular weight excluding hydrogens is 298 g/mol. The van der Waals surface area contributed by atoms with E-state index in [0.717, 1.165) is 4.47 Å². The molecule has 1 saturated heterocycles. The molecule has 0 spiro atoms. The summed E-state index contributed by atoms with van der Waals surface area (Å²) >= 11 is 3.33. The van der Waals surface area contributed by atoms with E-state index in [0.29, 0.717) is 30.9 Å². The van der Waals surface area contributed by atoms with Gasteiger partial charge in [0.1, 0.15) is 0 Å². The van der Waals surface area contributed by atoms with Crippen LogP contribution < -0.4 is 10.6 Å². The van der Waals surface area contributed by atoms with Crippen LogP contribution in [0.5, 0.6) is 0 Å². The monoisotopic (exact) mass is 309 g/mol. The van der Waals surface area contributed by atoms with Gasteiger partial charge in [0, 0.05) is 28.9 Å². The lowest BCUT2D eigenvalue weighted by Gasteiger charge is -2.18. The smallest absolute Gasteiger partial charge is 0.227 e. The molecule has 7 heteroatoms. The summed E-state index contributed by atoms with van der Waals surface area (Å²) in [5, 5.41) is 3.52. The first-order chi connectivity index (χ1) is 8.61. The molecule has 1 aliphatic heterocycles. The number of nitrogens with two attached hydrogens (primary N) is 1. The molecular formula is C11H12BrN5O. The molecule has 0 radical (unpaired) electrons. The molecule has 18 heavy (non-hydrogen) atoms. The van der Waals surface area contributed by atoms with E-state index in [4.69, 9.17) is 11.3 Å². The molecule has 0 aliphatic carbocycles. The summed E-state index contributed by atoms with van der Waals surface area (Å²) in [7, 11) is 0. The first-order valence-electron chi connectivity index (χ1n) is 5.48. The molecule has 1 amide bonds. The molecule has 1 fully saturated rings. The standard InChI is InChI=1S/C11H12BrN5O/c12-8-1-2-10(9(13)4-8)17-6-7(3-11(17)18)5-15-16-14/h1-2,4,7H,3,5-6,13H2. The number of hydrogen-bond acceptors (Lipinski definition) is 3. The van der Waals surface area contributed by atoms with Crippen molar-refractivity contribution < 1.29 is 4.79 Å². The van der Waals surface area contributed by atoms with Crippen LogP contribution in [0.4, 0.5) is 11.4 Å². The fourth-order valence-electron chi connectivity index (χ4n) is 2.06. The van der Waals surface area contributed by atoms with Crippen LogP contribution in [0.25, 0.3) is 10.4 Å². The number of carbonyl (C=O) groups excluding carboxylic acids is 1. The summed E-state index contributed by atoms with van der Waals surface area (Å²) in [6.07, 6.45) is 0.397. The first kappa shape index (κ1) is 12.7. The van der Waals surface area contributed by atoms with E-state index in [9.17, 15) is 4.79 Å². The molecule has 2 N–H and O–H groups in total. The number of anilines is 2. The molecule has 1 aromatic rings. The highest BCUT2D eigenvalue weighted by Crippen LogP contribution is 2.31. The van der Waals surface area contributed by atoms with Crippen molar-refractivity contribution in [3.63, 3.8) is 0 Å². The van der Waals surface area contributed by atoms with Crippen molar-refractivity contribution in [3.05, 3.63) is 33.1 Å². The van der Waals surface area contributed by atoms with Crippen LogP contribution in [0.1, 0.15) is 6.42 Å². The van der Waals surface area contributed by atoms with Crippen molar-refractivity contribution in [2.24, 2.45) is 11.0 Å². The normalized spacial score (nSPS) is 18.8. The molecule has 0 aromatic heterocycles. The number of nitrogens with zero attached hydrogens (tertiary/aromatic N) is 4. The second-order valence-corrected chi connectivity index (χ2v) is 5.11. The minimum absolute atomic E-state index is 0.0159. The van der Waals surface area contributed by atoms with E-state index in [2.05, 4.69) is 26.0 Å². The van der Waals surface area contributed by atoms with Gasteiger partial charge in [-0.1, -0.05) is 21.0 Å². The number of azide groups is 1. The third-order valence-electron chi connectivity index (χ3n) is 2.89. The number of benzene rings is 1. The Balaban J connectivity index is 2.18. The second kappa shape index (κ2) is 5.29. The van der Waals surface area contributed by atoms with Gasteiger partial charge in [0.15, 0.2) is 0 Å². The number of halogens is 1. The zero-order valence-electron chi connectivity index (χ0n) is 9.58. The molecule has 0 saturated carbocycles. The summed E-state index contributed by atoms with van der Waals surface area (Å²) in [5.74, 6) is 0.0820. The second-order valence-electron chi connectivity index (χ2n) is 4.19. The number of amides is 1. The van der Waals surface area contributed by atoms with Crippen LogP contribution in [0.2, 0.25) is 0 Å². The van der Waals surface area contributed by atoms with E-state index in [-0.39, 0.29) is 11.8 Å². The van der Waals surface area contributed by atoms with E-state index in [1.807, 2.05) is 12.1 Å². The van der Waals surface area contributed by atoms with Crippen LogP contribution in [0.15, 0.2) is 27.8 Å². The highest BCUT2D eigenvalue weighted by Gasteiger charge is 2.30. The molecule has 1 unspecified atom stereocenters. The van der Waals surface area contributed by atoms with E-state index in [1.165, 1.54) is 0 Å². The van der Waals surface area contributed by atoms with Crippen LogP contribution in [-0.2, 0) is 4.79 Å². The minimum atomic E-state index is 0.0159. The highest BCUT2D eigenvalue weighted by molar-refractivity contribution is 9.10. The van der Waals surface area contributed by atoms with Crippen LogP contribution >= 0.6 is 15.9 Å². The molecule has 94 valence electrons. The molecule has 0 bridgehead atoms. The molecule has 1 aliphatic rings. The summed E-state index contributed by atoms with van der Waals surface area (Å²) in [5.41, 5.74) is 15.5. The van der Waals surface area contributed by atoms with E-state index < -0.39 is 0 Å². The largest absolute Gasteiger partial charge is 0.397 e. The Bertz CT molecular complexity index is 526. The Labute approximate surface area is 113 Å². The summed E-state index contributed by atoms with van der Waals surface area (Å²) in [6.45, 7) is 0.888. The number of rotatable bonds is 3. The maximum Gasteiger partial charge on any atom is 0.227 e. The van der Waals surface area contributed by atoms with Crippen molar-refractivity contribution in [1.82, 2.24) is 0 Å². The lowest BCUT2D eigenvalue weighted by Crippen LogP contribution is -2.25. The third-order valence-corrected chi connectivity index (χ3v) is 3.38. The predicted octanol–water partition coefficient (Wildman–Crippen LogP) is 2.69. The Morgan fingerprint density at radius 3 is 3.06 bits per heavy atom. The Morgan fingerprint density at radius 1 is 1.61 bits per heavy atom. The molecule has 6 nitrogen and oxygen atoms in total. The quantitative estimate of drug-likeness (QED) is 0.402. The Hall–Kier alpha value is -1.72. The average molecular weight is 310 g/mol. The predicted molar refractivity (Wildman–Crippen MR) is 73.0 cm³/mol. The highest BCUT2D eigenvalue weighted by atomic mass is 79.9. The SMILES string of the molecule is [N-]=[N+]=NCC1CC(=O)N(c2ccc(Br)cc2N)C1. The lowest BCUT2D eigenvalue weighted by molar-refractivity contribution is -0.117. The van der Waals surface area contributed by atoms with Crippen molar-refractivity contribution in [2.75, 3.05) is 23.7 Å². The van der Waals surface area contributed by atoms with Gasteiger partial charge < -0.3 is 10.6 Å². The van der Waals surface area contributed by atoms with Gasteiger partial charge in [-0.2, -0.15) is 0 Å². The summed E-state index contributed by atoms with van der Waals surface area (Å²) < 4.78 is 0.876. The third kappa shape index (κ3) is 2.57. The van der Waals surface area contributed by atoms with Gasteiger partial charge >= 0.3 is 0 Å². The zero-order valence-corrected chi connectivity index (χ0v) is 11.2. The van der Waals surface area contributed by atoms with Crippen molar-refractivity contribution >= 4 is 33.2 Å². The van der Waals surface area contributed by atoms with Crippen LogP contribution in [0, 0.1) is 5.92 Å². The van der Waals surface area contributed by atoms with Gasteiger partial charge in [-0.25, -0.2) is 0 Å². The summed E-state index contributed by atoms with van der Waals surface area (Å²) in [6, 6.07) is 5.43.